The number of anilines is 1. The third-order valence-corrected chi connectivity index (χ3v) is 5.51. The van der Waals surface area contributed by atoms with Gasteiger partial charge in [0.1, 0.15) is 5.01 Å². The number of rotatable bonds is 2. The third kappa shape index (κ3) is 2.70. The second kappa shape index (κ2) is 5.90. The van der Waals surface area contributed by atoms with Gasteiger partial charge in [-0.15, -0.1) is 10.2 Å². The number of nitrogens with zero attached hydrogens (tertiary/aromatic N) is 4. The maximum absolute atomic E-state index is 12.0. The molecule has 120 valence electrons. The van der Waals surface area contributed by atoms with Crippen molar-refractivity contribution in [2.75, 3.05) is 31.6 Å². The summed E-state index contributed by atoms with van der Waals surface area (Å²) in [6, 6.07) is 10.2. The molecule has 0 spiro atoms. The van der Waals surface area contributed by atoms with Crippen molar-refractivity contribution in [3.63, 3.8) is 0 Å². The standard InChI is InChI=1S/C16H18N4O2S/c1-19-12-9-20(10-13(12)22-8-7-14(19)21)16-18-17-15(23-16)11-5-3-2-4-6-11/h2-6,12-13H,7-10H2,1H3/t12-,13-/m0/s1. The number of hydrogen-bond donors (Lipinski definition) is 0. The summed E-state index contributed by atoms with van der Waals surface area (Å²) in [6.07, 6.45) is 0.524. The zero-order valence-electron chi connectivity index (χ0n) is 12.9. The summed E-state index contributed by atoms with van der Waals surface area (Å²) in [7, 11) is 1.87. The quantitative estimate of drug-likeness (QED) is 0.838. The molecule has 1 amide bonds. The minimum Gasteiger partial charge on any atom is -0.374 e. The number of aromatic nitrogens is 2. The van der Waals surface area contributed by atoms with E-state index in [4.69, 9.17) is 4.74 Å². The minimum atomic E-state index is 0.0514. The molecule has 0 radical (unpaired) electrons. The number of fused-ring (bicyclic) bond motifs is 1. The van der Waals surface area contributed by atoms with Gasteiger partial charge in [0, 0.05) is 25.7 Å². The highest BCUT2D eigenvalue weighted by atomic mass is 32.1. The summed E-state index contributed by atoms with van der Waals surface area (Å²) in [6.45, 7) is 2.01. The highest BCUT2D eigenvalue weighted by molar-refractivity contribution is 7.18. The lowest BCUT2D eigenvalue weighted by Crippen LogP contribution is -2.42. The van der Waals surface area contributed by atoms with Gasteiger partial charge < -0.3 is 14.5 Å². The molecule has 23 heavy (non-hydrogen) atoms. The molecule has 2 aliphatic rings. The zero-order chi connectivity index (χ0) is 15.8. The number of amides is 1. The van der Waals surface area contributed by atoms with Crippen LogP contribution < -0.4 is 4.90 Å². The van der Waals surface area contributed by atoms with Gasteiger partial charge in [0.25, 0.3) is 0 Å². The maximum atomic E-state index is 12.0. The fraction of sp³-hybridized carbons (Fsp3) is 0.438. The molecule has 0 bridgehead atoms. The van der Waals surface area contributed by atoms with E-state index in [1.807, 2.05) is 42.3 Å². The Morgan fingerprint density at radius 3 is 2.87 bits per heavy atom. The predicted octanol–water partition coefficient (Wildman–Crippen LogP) is 1.64. The van der Waals surface area contributed by atoms with Gasteiger partial charge in [0.2, 0.25) is 11.0 Å². The molecule has 1 aromatic carbocycles. The van der Waals surface area contributed by atoms with Gasteiger partial charge in [-0.1, -0.05) is 41.7 Å². The van der Waals surface area contributed by atoms with Crippen LogP contribution in [0.5, 0.6) is 0 Å². The van der Waals surface area contributed by atoms with E-state index in [1.54, 1.807) is 11.3 Å². The molecule has 3 heterocycles. The SMILES string of the molecule is CN1C(=O)CCO[C@H]2CN(c3nnc(-c4ccccc4)s3)C[C@@H]21. The first kappa shape index (κ1) is 14.6. The lowest BCUT2D eigenvalue weighted by Gasteiger charge is -2.24. The summed E-state index contributed by atoms with van der Waals surface area (Å²) in [5.41, 5.74) is 1.08. The van der Waals surface area contributed by atoms with Gasteiger partial charge in [-0.05, 0) is 0 Å². The van der Waals surface area contributed by atoms with Crippen molar-refractivity contribution in [1.29, 1.82) is 0 Å². The highest BCUT2D eigenvalue weighted by Crippen LogP contribution is 2.32. The fourth-order valence-corrected chi connectivity index (χ4v) is 4.02. The average Bonchev–Trinajstić information content (AvgIpc) is 3.19. The molecular formula is C16H18N4O2S. The van der Waals surface area contributed by atoms with E-state index in [-0.39, 0.29) is 18.1 Å². The zero-order valence-corrected chi connectivity index (χ0v) is 13.7. The molecule has 0 N–H and O–H groups in total. The van der Waals surface area contributed by atoms with E-state index >= 15 is 0 Å². The van der Waals surface area contributed by atoms with Crippen LogP contribution in [0, 0.1) is 0 Å². The predicted molar refractivity (Wildman–Crippen MR) is 88.5 cm³/mol. The summed E-state index contributed by atoms with van der Waals surface area (Å²) in [5.74, 6) is 0.154. The molecule has 1 aromatic heterocycles. The van der Waals surface area contributed by atoms with E-state index in [9.17, 15) is 4.79 Å². The minimum absolute atomic E-state index is 0.0514. The Labute approximate surface area is 138 Å². The third-order valence-electron chi connectivity index (χ3n) is 4.48. The number of hydrogen-bond acceptors (Lipinski definition) is 6. The second-order valence-electron chi connectivity index (χ2n) is 5.89. The fourth-order valence-electron chi connectivity index (χ4n) is 3.15. The summed E-state index contributed by atoms with van der Waals surface area (Å²) in [4.78, 5) is 16.0. The molecule has 2 aliphatic heterocycles. The van der Waals surface area contributed by atoms with E-state index in [1.165, 1.54) is 0 Å². The lowest BCUT2D eigenvalue weighted by atomic mass is 10.2. The van der Waals surface area contributed by atoms with Crippen LogP contribution in [0.15, 0.2) is 30.3 Å². The Morgan fingerprint density at radius 2 is 2.04 bits per heavy atom. The Kier molecular flexibility index (Phi) is 3.74. The van der Waals surface area contributed by atoms with Crippen LogP contribution in [0.25, 0.3) is 10.6 Å². The molecule has 0 aliphatic carbocycles. The van der Waals surface area contributed by atoms with Crippen molar-refractivity contribution >= 4 is 22.4 Å². The van der Waals surface area contributed by atoms with Crippen LogP contribution in [-0.2, 0) is 9.53 Å². The second-order valence-corrected chi connectivity index (χ2v) is 6.85. The van der Waals surface area contributed by atoms with Gasteiger partial charge >= 0.3 is 0 Å². The van der Waals surface area contributed by atoms with Crippen LogP contribution in [-0.4, -0.2) is 59.9 Å². The van der Waals surface area contributed by atoms with Crippen molar-refractivity contribution in [3.8, 4) is 10.6 Å². The van der Waals surface area contributed by atoms with Crippen LogP contribution in [0.2, 0.25) is 0 Å². The topological polar surface area (TPSA) is 58.6 Å². The highest BCUT2D eigenvalue weighted by Gasteiger charge is 2.40. The van der Waals surface area contributed by atoms with E-state index in [0.29, 0.717) is 13.0 Å². The summed E-state index contributed by atoms with van der Waals surface area (Å²) < 4.78 is 5.86. The Morgan fingerprint density at radius 1 is 1.22 bits per heavy atom. The number of likely N-dealkylation sites (N-methyl/N-ethyl adjacent to an activating group) is 1. The first-order chi connectivity index (χ1) is 11.2. The number of ether oxygens (including phenoxy) is 1. The normalized spacial score (nSPS) is 24.7. The van der Waals surface area contributed by atoms with Gasteiger partial charge in [-0.2, -0.15) is 0 Å². The molecule has 4 rings (SSSR count). The molecule has 2 atom stereocenters. The molecule has 0 saturated carbocycles. The van der Waals surface area contributed by atoms with Gasteiger partial charge in [-0.3, -0.25) is 4.79 Å². The van der Waals surface area contributed by atoms with Gasteiger partial charge in [-0.25, -0.2) is 0 Å². The van der Waals surface area contributed by atoms with Gasteiger partial charge in [0.05, 0.1) is 25.2 Å². The van der Waals surface area contributed by atoms with E-state index in [2.05, 4.69) is 15.1 Å². The van der Waals surface area contributed by atoms with Crippen LogP contribution in [0.3, 0.4) is 0 Å². The number of benzene rings is 1. The molecule has 2 fully saturated rings. The first-order valence-electron chi connectivity index (χ1n) is 7.73. The number of carbonyl (C=O) groups excluding carboxylic acids is 1. The molecule has 2 saturated heterocycles. The first-order valence-corrected chi connectivity index (χ1v) is 8.55. The van der Waals surface area contributed by atoms with E-state index in [0.717, 1.165) is 28.8 Å². The smallest absolute Gasteiger partial charge is 0.225 e. The largest absolute Gasteiger partial charge is 0.374 e. The monoisotopic (exact) mass is 330 g/mol. The van der Waals surface area contributed by atoms with Crippen molar-refractivity contribution in [1.82, 2.24) is 15.1 Å². The Balaban J connectivity index is 1.54. The van der Waals surface area contributed by atoms with Crippen LogP contribution in [0.1, 0.15) is 6.42 Å². The molecule has 7 heteroatoms. The molecule has 2 aromatic rings. The van der Waals surface area contributed by atoms with Crippen molar-refractivity contribution in [2.24, 2.45) is 0 Å². The lowest BCUT2D eigenvalue weighted by molar-refractivity contribution is -0.130. The Bertz CT molecular complexity index is 705. The van der Waals surface area contributed by atoms with Gasteiger partial charge in [0.15, 0.2) is 0 Å². The Hall–Kier alpha value is -1.99. The van der Waals surface area contributed by atoms with Crippen LogP contribution >= 0.6 is 11.3 Å². The van der Waals surface area contributed by atoms with Crippen molar-refractivity contribution in [2.45, 2.75) is 18.6 Å². The summed E-state index contributed by atoms with van der Waals surface area (Å²) in [5, 5.41) is 10.4. The molecule has 0 unspecified atom stereocenters. The van der Waals surface area contributed by atoms with Crippen LogP contribution in [0.4, 0.5) is 5.13 Å². The average molecular weight is 330 g/mol. The molecular weight excluding hydrogens is 312 g/mol. The maximum Gasteiger partial charge on any atom is 0.225 e. The molecule has 6 nitrogen and oxygen atoms in total. The summed E-state index contributed by atoms with van der Waals surface area (Å²) >= 11 is 1.58. The van der Waals surface area contributed by atoms with E-state index < -0.39 is 0 Å². The van der Waals surface area contributed by atoms with Crippen molar-refractivity contribution in [3.05, 3.63) is 30.3 Å². The number of carbonyl (C=O) groups is 1. The van der Waals surface area contributed by atoms with Crippen molar-refractivity contribution < 1.29 is 9.53 Å².